The van der Waals surface area contributed by atoms with Crippen molar-refractivity contribution < 1.29 is 22.7 Å². The molecule has 102 valence electrons. The lowest BCUT2D eigenvalue weighted by Gasteiger charge is -2.14. The molecule has 1 aromatic carbocycles. The number of hydrogen-bond acceptors (Lipinski definition) is 3. The molecule has 7 heteroatoms. The highest BCUT2D eigenvalue weighted by atomic mass is 127. The fraction of sp³-hybridized carbons (Fsp3) is 0.333. The van der Waals surface area contributed by atoms with E-state index in [1.165, 1.54) is 40.8 Å². The second-order valence-corrected chi connectivity index (χ2v) is 4.71. The molecule has 0 unspecified atom stereocenters. The van der Waals surface area contributed by atoms with Crippen molar-refractivity contribution in [2.24, 2.45) is 0 Å². The van der Waals surface area contributed by atoms with Gasteiger partial charge in [0.1, 0.15) is 6.07 Å². The normalized spacial score (nSPS) is 10.9. The van der Waals surface area contributed by atoms with Gasteiger partial charge in [0.2, 0.25) is 0 Å². The molecule has 0 N–H and O–H groups in total. The van der Waals surface area contributed by atoms with Gasteiger partial charge in [0.05, 0.1) is 24.2 Å². The Kier molecular flexibility index (Phi) is 5.17. The van der Waals surface area contributed by atoms with Crippen molar-refractivity contribution in [3.63, 3.8) is 0 Å². The predicted octanol–water partition coefficient (Wildman–Crippen LogP) is 3.29. The van der Waals surface area contributed by atoms with E-state index in [9.17, 15) is 18.0 Å². The number of hydrogen-bond donors (Lipinski definition) is 0. The summed E-state index contributed by atoms with van der Waals surface area (Å²) < 4.78 is 43.3. The van der Waals surface area contributed by atoms with Crippen molar-refractivity contribution in [1.82, 2.24) is 0 Å². The minimum Gasteiger partial charge on any atom is -0.466 e. The molecular formula is C12H9F3INO2. The average molecular weight is 383 g/mol. The van der Waals surface area contributed by atoms with Gasteiger partial charge in [0.25, 0.3) is 0 Å². The van der Waals surface area contributed by atoms with Gasteiger partial charge in [0, 0.05) is 3.57 Å². The second-order valence-electron chi connectivity index (χ2n) is 3.55. The maximum atomic E-state index is 12.9. The van der Waals surface area contributed by atoms with E-state index in [-0.39, 0.29) is 22.2 Å². The molecule has 0 heterocycles. The smallest absolute Gasteiger partial charge is 0.418 e. The van der Waals surface area contributed by atoms with Gasteiger partial charge in [-0.15, -0.1) is 0 Å². The van der Waals surface area contributed by atoms with Crippen LogP contribution in [0.2, 0.25) is 0 Å². The van der Waals surface area contributed by atoms with Gasteiger partial charge in [-0.25, -0.2) is 0 Å². The average Bonchev–Trinajstić information content (AvgIpc) is 2.29. The molecule has 0 bridgehead atoms. The topological polar surface area (TPSA) is 50.1 Å². The number of nitriles is 1. The lowest BCUT2D eigenvalue weighted by atomic mass is 9.99. The van der Waals surface area contributed by atoms with Gasteiger partial charge >= 0.3 is 12.1 Å². The minimum atomic E-state index is -4.63. The molecule has 3 nitrogen and oxygen atoms in total. The monoisotopic (exact) mass is 383 g/mol. The molecule has 1 aromatic rings. The van der Waals surface area contributed by atoms with Gasteiger partial charge in [-0.2, -0.15) is 18.4 Å². The number of nitrogens with zero attached hydrogens (tertiary/aromatic N) is 1. The van der Waals surface area contributed by atoms with Crippen LogP contribution in [0.15, 0.2) is 12.1 Å². The van der Waals surface area contributed by atoms with E-state index >= 15 is 0 Å². The molecule has 0 spiro atoms. The number of carbonyl (C=O) groups excluding carboxylic acids is 1. The summed E-state index contributed by atoms with van der Waals surface area (Å²) >= 11 is 1.51. The SMILES string of the molecule is CCOC(=O)Cc1ccc(I)c(C(F)(F)F)c1C#N. The first-order valence-corrected chi connectivity index (χ1v) is 6.33. The van der Waals surface area contributed by atoms with Crippen molar-refractivity contribution in [2.45, 2.75) is 19.5 Å². The summed E-state index contributed by atoms with van der Waals surface area (Å²) in [6, 6.07) is 4.10. The molecular weight excluding hydrogens is 374 g/mol. The summed E-state index contributed by atoms with van der Waals surface area (Å²) in [4.78, 5) is 11.3. The number of halogens is 4. The molecule has 0 radical (unpaired) electrons. The van der Waals surface area contributed by atoms with Gasteiger partial charge in [-0.3, -0.25) is 4.79 Å². The van der Waals surface area contributed by atoms with Crippen LogP contribution in [0.1, 0.15) is 23.6 Å². The maximum Gasteiger partial charge on any atom is 0.418 e. The van der Waals surface area contributed by atoms with Crippen LogP contribution >= 0.6 is 22.6 Å². The van der Waals surface area contributed by atoms with Crippen molar-refractivity contribution in [3.05, 3.63) is 32.4 Å². The van der Waals surface area contributed by atoms with Crippen LogP contribution in [0.4, 0.5) is 13.2 Å². The number of esters is 1. The number of alkyl halides is 3. The first-order valence-electron chi connectivity index (χ1n) is 5.25. The summed E-state index contributed by atoms with van der Waals surface area (Å²) in [7, 11) is 0. The largest absolute Gasteiger partial charge is 0.466 e. The molecule has 0 saturated heterocycles. The Labute approximate surface area is 121 Å². The minimum absolute atomic E-state index is 0.0219. The molecule has 0 saturated carbocycles. The fourth-order valence-corrected chi connectivity index (χ4v) is 2.30. The molecule has 19 heavy (non-hydrogen) atoms. The fourth-order valence-electron chi connectivity index (χ4n) is 1.54. The van der Waals surface area contributed by atoms with Gasteiger partial charge < -0.3 is 4.74 Å². The Balaban J connectivity index is 3.29. The number of ether oxygens (including phenoxy) is 1. The van der Waals surface area contributed by atoms with E-state index in [0.717, 1.165) is 0 Å². The third-order valence-corrected chi connectivity index (χ3v) is 3.18. The van der Waals surface area contributed by atoms with Gasteiger partial charge in [0.15, 0.2) is 0 Å². The molecule has 0 aliphatic heterocycles. The second kappa shape index (κ2) is 6.23. The van der Waals surface area contributed by atoms with Crippen LogP contribution < -0.4 is 0 Å². The van der Waals surface area contributed by atoms with Crippen LogP contribution in [0.25, 0.3) is 0 Å². The molecule has 0 fully saturated rings. The third-order valence-electron chi connectivity index (χ3n) is 2.28. The summed E-state index contributed by atoms with van der Waals surface area (Å²) in [6.45, 7) is 1.73. The summed E-state index contributed by atoms with van der Waals surface area (Å²) in [5.41, 5.74) is -1.50. The number of rotatable bonds is 3. The van der Waals surface area contributed by atoms with E-state index in [2.05, 4.69) is 4.74 Å². The Hall–Kier alpha value is -1.30. The van der Waals surface area contributed by atoms with Crippen LogP contribution in [0, 0.1) is 14.9 Å². The first kappa shape index (κ1) is 15.8. The summed E-state index contributed by atoms with van der Waals surface area (Å²) in [5.74, 6) is -0.659. The zero-order chi connectivity index (χ0) is 14.6. The first-order chi connectivity index (χ1) is 8.81. The predicted molar refractivity (Wildman–Crippen MR) is 69.2 cm³/mol. The van der Waals surface area contributed by atoms with Crippen LogP contribution in [-0.2, 0) is 22.1 Å². The van der Waals surface area contributed by atoms with E-state index in [0.29, 0.717) is 0 Å². The molecule has 1 rings (SSSR count). The van der Waals surface area contributed by atoms with Crippen molar-refractivity contribution in [3.8, 4) is 6.07 Å². The summed E-state index contributed by atoms with van der Waals surface area (Å²) in [5, 5.41) is 8.92. The lowest BCUT2D eigenvalue weighted by molar-refractivity contribution is -0.143. The van der Waals surface area contributed by atoms with Gasteiger partial charge in [-0.05, 0) is 41.1 Å². The summed E-state index contributed by atoms with van der Waals surface area (Å²) in [6.07, 6.45) is -4.98. The van der Waals surface area contributed by atoms with Crippen LogP contribution in [0.5, 0.6) is 0 Å². The van der Waals surface area contributed by atoms with Crippen LogP contribution in [0.3, 0.4) is 0 Å². The number of benzene rings is 1. The highest BCUT2D eigenvalue weighted by Crippen LogP contribution is 2.36. The van der Waals surface area contributed by atoms with E-state index in [1.54, 1.807) is 6.92 Å². The third kappa shape index (κ3) is 3.83. The van der Waals surface area contributed by atoms with E-state index < -0.39 is 23.3 Å². The molecule has 0 atom stereocenters. The van der Waals surface area contributed by atoms with E-state index in [1.807, 2.05) is 0 Å². The van der Waals surface area contributed by atoms with Crippen molar-refractivity contribution in [2.75, 3.05) is 6.61 Å². The van der Waals surface area contributed by atoms with Crippen LogP contribution in [-0.4, -0.2) is 12.6 Å². The molecule has 0 amide bonds. The Bertz CT molecular complexity index is 535. The highest BCUT2D eigenvalue weighted by molar-refractivity contribution is 14.1. The lowest BCUT2D eigenvalue weighted by Crippen LogP contribution is -2.15. The Morgan fingerprint density at radius 2 is 2.11 bits per heavy atom. The molecule has 0 aliphatic carbocycles. The quantitative estimate of drug-likeness (QED) is 0.595. The van der Waals surface area contributed by atoms with Gasteiger partial charge in [-0.1, -0.05) is 6.07 Å². The Morgan fingerprint density at radius 1 is 1.47 bits per heavy atom. The van der Waals surface area contributed by atoms with Crippen molar-refractivity contribution >= 4 is 28.6 Å². The zero-order valence-corrected chi connectivity index (χ0v) is 12.0. The maximum absolute atomic E-state index is 12.9. The zero-order valence-electron chi connectivity index (χ0n) is 9.84. The molecule has 0 aliphatic rings. The standard InChI is InChI=1S/C12H9F3INO2/c1-2-19-10(18)5-7-3-4-9(16)11(8(7)6-17)12(13,14)15/h3-4H,2,5H2,1H3. The van der Waals surface area contributed by atoms with E-state index in [4.69, 9.17) is 5.26 Å². The van der Waals surface area contributed by atoms with Crippen molar-refractivity contribution in [1.29, 1.82) is 5.26 Å². The molecule has 0 aromatic heterocycles. The number of carbonyl (C=O) groups is 1. The Morgan fingerprint density at radius 3 is 2.58 bits per heavy atom. The highest BCUT2D eigenvalue weighted by Gasteiger charge is 2.37.